The van der Waals surface area contributed by atoms with Crippen LogP contribution >= 0.6 is 0 Å². The van der Waals surface area contributed by atoms with Crippen molar-refractivity contribution in [3.05, 3.63) is 72.8 Å². The van der Waals surface area contributed by atoms with Crippen LogP contribution < -0.4 is 10.1 Å². The molecule has 0 saturated carbocycles. The molecule has 22 heavy (non-hydrogen) atoms. The second-order valence-corrected chi connectivity index (χ2v) is 4.34. The van der Waals surface area contributed by atoms with Crippen molar-refractivity contribution in [1.29, 1.82) is 0 Å². The highest BCUT2D eigenvalue weighted by Gasteiger charge is 2.07. The third-order valence-electron chi connectivity index (χ3n) is 2.74. The Morgan fingerprint density at radius 2 is 1.64 bits per heavy atom. The predicted molar refractivity (Wildman–Crippen MR) is 80.7 cm³/mol. The van der Waals surface area contributed by atoms with Crippen LogP contribution in [0.5, 0.6) is 11.8 Å². The molecule has 0 aliphatic heterocycles. The van der Waals surface area contributed by atoms with Crippen molar-refractivity contribution < 1.29 is 9.53 Å². The Balaban J connectivity index is 1.66. The zero-order chi connectivity index (χ0) is 15.2. The van der Waals surface area contributed by atoms with Gasteiger partial charge in [0.15, 0.2) is 0 Å². The van der Waals surface area contributed by atoms with E-state index in [2.05, 4.69) is 20.3 Å². The summed E-state index contributed by atoms with van der Waals surface area (Å²) in [6, 6.07) is 14.5. The third kappa shape index (κ3) is 3.43. The summed E-state index contributed by atoms with van der Waals surface area (Å²) in [5, 5.41) is 2.67. The lowest BCUT2D eigenvalue weighted by molar-refractivity contribution is 0.102. The summed E-state index contributed by atoms with van der Waals surface area (Å²) in [4.78, 5) is 24.0. The fourth-order valence-corrected chi connectivity index (χ4v) is 1.72. The quantitative estimate of drug-likeness (QED) is 0.800. The highest BCUT2D eigenvalue weighted by molar-refractivity contribution is 6.02. The Morgan fingerprint density at radius 3 is 2.32 bits per heavy atom. The number of carbonyl (C=O) groups excluding carboxylic acids is 1. The SMILES string of the molecule is O=C(Nc1cnc(Oc2ccccc2)nc1)c1ccccn1. The zero-order valence-electron chi connectivity index (χ0n) is 11.5. The number of rotatable bonds is 4. The maximum atomic E-state index is 11.9. The molecule has 0 fully saturated rings. The van der Waals surface area contributed by atoms with Gasteiger partial charge in [0.25, 0.3) is 5.91 Å². The molecule has 108 valence electrons. The van der Waals surface area contributed by atoms with Gasteiger partial charge in [-0.05, 0) is 24.3 Å². The number of benzene rings is 1. The van der Waals surface area contributed by atoms with Gasteiger partial charge >= 0.3 is 6.01 Å². The number of nitrogens with zero attached hydrogens (tertiary/aromatic N) is 3. The lowest BCUT2D eigenvalue weighted by Gasteiger charge is -2.05. The van der Waals surface area contributed by atoms with Gasteiger partial charge in [-0.2, -0.15) is 0 Å². The van der Waals surface area contributed by atoms with Crippen molar-refractivity contribution >= 4 is 11.6 Å². The number of nitrogens with one attached hydrogen (secondary N) is 1. The fourth-order valence-electron chi connectivity index (χ4n) is 1.72. The number of aromatic nitrogens is 3. The number of hydrogen-bond donors (Lipinski definition) is 1. The van der Waals surface area contributed by atoms with Crippen LogP contribution in [0.4, 0.5) is 5.69 Å². The van der Waals surface area contributed by atoms with Crippen LogP contribution in [-0.2, 0) is 0 Å². The van der Waals surface area contributed by atoms with Gasteiger partial charge in [0, 0.05) is 6.20 Å². The second-order valence-electron chi connectivity index (χ2n) is 4.34. The lowest BCUT2D eigenvalue weighted by Crippen LogP contribution is -2.13. The first kappa shape index (κ1) is 13.7. The number of pyridine rings is 1. The fraction of sp³-hybridized carbons (Fsp3) is 0. The molecule has 0 spiro atoms. The van der Waals surface area contributed by atoms with Crippen molar-refractivity contribution in [1.82, 2.24) is 15.0 Å². The summed E-state index contributed by atoms with van der Waals surface area (Å²) < 4.78 is 5.48. The molecule has 2 heterocycles. The van der Waals surface area contributed by atoms with Crippen LogP contribution in [0.15, 0.2) is 67.1 Å². The van der Waals surface area contributed by atoms with Crippen molar-refractivity contribution in [3.8, 4) is 11.8 Å². The molecule has 0 saturated heterocycles. The molecule has 6 nitrogen and oxygen atoms in total. The van der Waals surface area contributed by atoms with Gasteiger partial charge in [0.1, 0.15) is 11.4 Å². The number of ether oxygens (including phenoxy) is 1. The van der Waals surface area contributed by atoms with Gasteiger partial charge in [0.05, 0.1) is 18.1 Å². The zero-order valence-corrected chi connectivity index (χ0v) is 11.5. The van der Waals surface area contributed by atoms with Gasteiger partial charge in [-0.25, -0.2) is 9.97 Å². The maximum absolute atomic E-state index is 11.9. The smallest absolute Gasteiger partial charge is 0.322 e. The topological polar surface area (TPSA) is 77.0 Å². The summed E-state index contributed by atoms with van der Waals surface area (Å²) in [5.74, 6) is 0.327. The van der Waals surface area contributed by atoms with Crippen LogP contribution in [0.25, 0.3) is 0 Å². The molecular weight excluding hydrogens is 280 g/mol. The molecule has 1 N–H and O–H groups in total. The van der Waals surface area contributed by atoms with E-state index in [1.54, 1.807) is 36.5 Å². The van der Waals surface area contributed by atoms with Crippen LogP contribution in [0.3, 0.4) is 0 Å². The molecule has 0 aliphatic carbocycles. The van der Waals surface area contributed by atoms with Gasteiger partial charge in [0.2, 0.25) is 0 Å². The summed E-state index contributed by atoms with van der Waals surface area (Å²) >= 11 is 0. The van der Waals surface area contributed by atoms with Gasteiger partial charge < -0.3 is 10.1 Å². The minimum absolute atomic E-state index is 0.210. The molecule has 0 unspecified atom stereocenters. The molecule has 0 aliphatic rings. The van der Waals surface area contributed by atoms with Gasteiger partial charge in [-0.1, -0.05) is 24.3 Å². The molecule has 6 heteroatoms. The number of anilines is 1. The standard InChI is InChI=1S/C16H12N4O2/c21-15(14-8-4-5-9-17-14)20-12-10-18-16(19-11-12)22-13-6-2-1-3-7-13/h1-11H,(H,20,21). The summed E-state index contributed by atoms with van der Waals surface area (Å²) in [6.07, 6.45) is 4.51. The summed E-state index contributed by atoms with van der Waals surface area (Å²) in [7, 11) is 0. The van der Waals surface area contributed by atoms with E-state index in [-0.39, 0.29) is 11.9 Å². The second kappa shape index (κ2) is 6.45. The monoisotopic (exact) mass is 292 g/mol. The minimum atomic E-state index is -0.319. The lowest BCUT2D eigenvalue weighted by atomic mass is 10.3. The Hall–Kier alpha value is -3.28. The predicted octanol–water partition coefficient (Wildman–Crippen LogP) is 2.92. The number of para-hydroxylation sites is 1. The Bertz CT molecular complexity index is 746. The highest BCUT2D eigenvalue weighted by atomic mass is 16.5. The van der Waals surface area contributed by atoms with Crippen molar-refractivity contribution in [2.24, 2.45) is 0 Å². The van der Waals surface area contributed by atoms with E-state index in [0.717, 1.165) is 0 Å². The van der Waals surface area contributed by atoms with Crippen molar-refractivity contribution in [2.75, 3.05) is 5.32 Å². The van der Waals surface area contributed by atoms with Crippen LogP contribution in [0.2, 0.25) is 0 Å². The number of amides is 1. The molecule has 3 rings (SSSR count). The normalized spacial score (nSPS) is 10.0. The molecule has 2 aromatic heterocycles. The van der Waals surface area contributed by atoms with E-state index in [9.17, 15) is 4.79 Å². The van der Waals surface area contributed by atoms with Crippen LogP contribution in [-0.4, -0.2) is 20.9 Å². The van der Waals surface area contributed by atoms with Crippen molar-refractivity contribution in [3.63, 3.8) is 0 Å². The van der Waals surface area contributed by atoms with E-state index in [1.165, 1.54) is 12.4 Å². The third-order valence-corrected chi connectivity index (χ3v) is 2.74. The molecule has 3 aromatic rings. The maximum Gasteiger partial charge on any atom is 0.322 e. The molecule has 1 aromatic carbocycles. The Morgan fingerprint density at radius 1 is 0.909 bits per heavy atom. The Kier molecular flexibility index (Phi) is 4.01. The summed E-state index contributed by atoms with van der Waals surface area (Å²) in [6.45, 7) is 0. The molecule has 0 radical (unpaired) electrons. The van der Waals surface area contributed by atoms with E-state index in [0.29, 0.717) is 17.1 Å². The first-order valence-corrected chi connectivity index (χ1v) is 6.58. The first-order chi connectivity index (χ1) is 10.8. The van der Waals surface area contributed by atoms with E-state index in [1.807, 2.05) is 18.2 Å². The largest absolute Gasteiger partial charge is 0.424 e. The minimum Gasteiger partial charge on any atom is -0.424 e. The number of carbonyl (C=O) groups is 1. The molecular formula is C16H12N4O2. The van der Waals surface area contributed by atoms with E-state index < -0.39 is 0 Å². The van der Waals surface area contributed by atoms with Crippen LogP contribution in [0, 0.1) is 0 Å². The van der Waals surface area contributed by atoms with Gasteiger partial charge in [-0.3, -0.25) is 9.78 Å². The summed E-state index contributed by atoms with van der Waals surface area (Å²) in [5.41, 5.74) is 0.795. The highest BCUT2D eigenvalue weighted by Crippen LogP contribution is 2.17. The van der Waals surface area contributed by atoms with Crippen molar-refractivity contribution in [2.45, 2.75) is 0 Å². The average Bonchev–Trinajstić information content (AvgIpc) is 2.58. The average molecular weight is 292 g/mol. The molecule has 0 atom stereocenters. The molecule has 0 bridgehead atoms. The van der Waals surface area contributed by atoms with E-state index in [4.69, 9.17) is 4.74 Å². The van der Waals surface area contributed by atoms with E-state index >= 15 is 0 Å². The number of hydrogen-bond acceptors (Lipinski definition) is 5. The Labute approximate surface area is 126 Å². The first-order valence-electron chi connectivity index (χ1n) is 6.58. The van der Waals surface area contributed by atoms with Crippen LogP contribution in [0.1, 0.15) is 10.5 Å². The molecule has 1 amide bonds. The van der Waals surface area contributed by atoms with Gasteiger partial charge in [-0.15, -0.1) is 0 Å².